The van der Waals surface area contributed by atoms with Crippen LogP contribution in [0.5, 0.6) is 0 Å². The Morgan fingerprint density at radius 3 is 2.18 bits per heavy atom. The summed E-state index contributed by atoms with van der Waals surface area (Å²) in [6.07, 6.45) is 1.03. The molecule has 0 aromatic heterocycles. The molecule has 1 heteroatoms. The van der Waals surface area contributed by atoms with E-state index in [9.17, 15) is 4.79 Å². The molecule has 0 aliphatic rings. The molecule has 2 aromatic carbocycles. The molecule has 0 saturated carbocycles. The Morgan fingerprint density at radius 2 is 1.64 bits per heavy atom. The maximum atomic E-state index is 13.0. The van der Waals surface area contributed by atoms with Gasteiger partial charge in [0, 0.05) is 11.1 Å². The number of carbonyl (C=O) groups excluding carboxylic acids is 1. The Morgan fingerprint density at radius 1 is 1.00 bits per heavy atom. The maximum absolute atomic E-state index is 13.0. The van der Waals surface area contributed by atoms with Gasteiger partial charge in [0.05, 0.1) is 0 Å². The van der Waals surface area contributed by atoms with Crippen LogP contribution in [0.3, 0.4) is 0 Å². The molecule has 0 amide bonds. The Balaban J connectivity index is 2.63. The summed E-state index contributed by atoms with van der Waals surface area (Å²) in [5.74, 6) is 0.500. The number of benzene rings is 2. The second kappa shape index (κ2) is 6.48. The average molecular weight is 294 g/mol. The minimum absolute atomic E-state index is 0.0335. The summed E-state index contributed by atoms with van der Waals surface area (Å²) < 4.78 is 0. The first kappa shape index (κ1) is 16.5. The molecule has 2 rings (SSSR count). The first-order valence-electron chi connectivity index (χ1n) is 8.09. The SMILES string of the molecule is CCC(C)c1c(C(=O)c2ccccc2)cccc1C(C)(C)C. The maximum Gasteiger partial charge on any atom is 0.193 e. The summed E-state index contributed by atoms with van der Waals surface area (Å²) in [4.78, 5) is 13.0. The molecule has 2 aromatic rings. The highest BCUT2D eigenvalue weighted by atomic mass is 16.1. The van der Waals surface area contributed by atoms with Crippen molar-refractivity contribution in [1.29, 1.82) is 0 Å². The first-order valence-corrected chi connectivity index (χ1v) is 8.09. The molecule has 0 fully saturated rings. The van der Waals surface area contributed by atoms with E-state index in [0.29, 0.717) is 5.92 Å². The Hall–Kier alpha value is -1.89. The molecule has 0 heterocycles. The van der Waals surface area contributed by atoms with Gasteiger partial charge in [-0.3, -0.25) is 4.79 Å². The summed E-state index contributed by atoms with van der Waals surface area (Å²) >= 11 is 0. The standard InChI is InChI=1S/C21H26O/c1-6-15(2)19-17(13-10-14-18(19)21(3,4)5)20(22)16-11-8-7-9-12-16/h7-15H,6H2,1-5H3. The predicted molar refractivity (Wildman–Crippen MR) is 93.7 cm³/mol. The molecule has 1 atom stereocenters. The fourth-order valence-corrected chi connectivity index (χ4v) is 2.90. The molecular weight excluding hydrogens is 268 g/mol. The van der Waals surface area contributed by atoms with Crippen LogP contribution >= 0.6 is 0 Å². The fraction of sp³-hybridized carbons (Fsp3) is 0.381. The second-order valence-electron chi connectivity index (χ2n) is 7.02. The van der Waals surface area contributed by atoms with Crippen molar-refractivity contribution in [1.82, 2.24) is 0 Å². The van der Waals surface area contributed by atoms with Crippen LogP contribution in [0, 0.1) is 0 Å². The van der Waals surface area contributed by atoms with Gasteiger partial charge in [-0.25, -0.2) is 0 Å². The number of rotatable bonds is 4. The van der Waals surface area contributed by atoms with E-state index in [1.54, 1.807) is 0 Å². The lowest BCUT2D eigenvalue weighted by atomic mass is 9.76. The number of hydrogen-bond donors (Lipinski definition) is 0. The lowest BCUT2D eigenvalue weighted by Gasteiger charge is -2.27. The summed E-state index contributed by atoms with van der Waals surface area (Å²) in [5, 5.41) is 0. The molecule has 1 nitrogen and oxygen atoms in total. The van der Waals surface area contributed by atoms with Crippen molar-refractivity contribution in [3.63, 3.8) is 0 Å². The smallest absolute Gasteiger partial charge is 0.193 e. The van der Waals surface area contributed by atoms with Crippen LogP contribution in [0.4, 0.5) is 0 Å². The van der Waals surface area contributed by atoms with Crippen molar-refractivity contribution in [2.75, 3.05) is 0 Å². The highest BCUT2D eigenvalue weighted by molar-refractivity contribution is 6.10. The lowest BCUT2D eigenvalue weighted by Crippen LogP contribution is -2.19. The zero-order valence-corrected chi connectivity index (χ0v) is 14.3. The molecule has 0 aliphatic heterocycles. The van der Waals surface area contributed by atoms with E-state index in [1.807, 2.05) is 42.5 Å². The predicted octanol–water partition coefficient (Wildman–Crippen LogP) is 5.73. The van der Waals surface area contributed by atoms with Crippen LogP contribution in [-0.4, -0.2) is 5.78 Å². The highest BCUT2D eigenvalue weighted by Gasteiger charge is 2.25. The second-order valence-corrected chi connectivity index (χ2v) is 7.02. The van der Waals surface area contributed by atoms with Gasteiger partial charge in [-0.2, -0.15) is 0 Å². The molecule has 22 heavy (non-hydrogen) atoms. The van der Waals surface area contributed by atoms with Gasteiger partial charge in [-0.05, 0) is 28.9 Å². The van der Waals surface area contributed by atoms with Crippen molar-refractivity contribution >= 4 is 5.78 Å². The fourth-order valence-electron chi connectivity index (χ4n) is 2.90. The van der Waals surface area contributed by atoms with Gasteiger partial charge in [0.15, 0.2) is 5.78 Å². The van der Waals surface area contributed by atoms with Gasteiger partial charge in [-0.15, -0.1) is 0 Å². The van der Waals surface area contributed by atoms with Gasteiger partial charge < -0.3 is 0 Å². The number of carbonyl (C=O) groups is 1. The molecule has 0 radical (unpaired) electrons. The van der Waals surface area contributed by atoms with Gasteiger partial charge >= 0.3 is 0 Å². The van der Waals surface area contributed by atoms with Crippen LogP contribution in [0.2, 0.25) is 0 Å². The van der Waals surface area contributed by atoms with E-state index in [2.05, 4.69) is 40.7 Å². The topological polar surface area (TPSA) is 17.1 Å². The van der Waals surface area contributed by atoms with Crippen molar-refractivity contribution in [3.8, 4) is 0 Å². The minimum atomic E-state index is 0.0335. The van der Waals surface area contributed by atoms with E-state index in [1.165, 1.54) is 11.1 Å². The van der Waals surface area contributed by atoms with Gasteiger partial charge in [0.25, 0.3) is 0 Å². The molecule has 0 aliphatic carbocycles. The van der Waals surface area contributed by atoms with Crippen molar-refractivity contribution in [2.45, 2.75) is 52.4 Å². The minimum Gasteiger partial charge on any atom is -0.289 e. The van der Waals surface area contributed by atoms with E-state index < -0.39 is 0 Å². The van der Waals surface area contributed by atoms with E-state index >= 15 is 0 Å². The lowest BCUT2D eigenvalue weighted by molar-refractivity contribution is 0.103. The van der Waals surface area contributed by atoms with Crippen LogP contribution in [0.15, 0.2) is 48.5 Å². The summed E-state index contributed by atoms with van der Waals surface area (Å²) in [6.45, 7) is 11.0. The van der Waals surface area contributed by atoms with Crippen LogP contribution in [0.1, 0.15) is 74.0 Å². The third-order valence-electron chi connectivity index (χ3n) is 4.30. The first-order chi connectivity index (χ1) is 10.4. The molecule has 0 saturated heterocycles. The van der Waals surface area contributed by atoms with E-state index in [0.717, 1.165) is 17.5 Å². The molecule has 116 valence electrons. The Labute approximate surface area is 134 Å². The summed E-state index contributed by atoms with van der Waals surface area (Å²) in [7, 11) is 0. The van der Waals surface area contributed by atoms with Crippen molar-refractivity contribution in [3.05, 3.63) is 70.8 Å². The van der Waals surface area contributed by atoms with Crippen molar-refractivity contribution < 1.29 is 4.79 Å². The quantitative estimate of drug-likeness (QED) is 0.658. The number of hydrogen-bond acceptors (Lipinski definition) is 1. The summed E-state index contributed by atoms with van der Waals surface area (Å²) in [6, 6.07) is 15.7. The van der Waals surface area contributed by atoms with Gasteiger partial charge in [0.2, 0.25) is 0 Å². The molecule has 0 bridgehead atoms. The Bertz CT molecular complexity index is 647. The van der Waals surface area contributed by atoms with Crippen molar-refractivity contribution in [2.24, 2.45) is 0 Å². The molecule has 0 N–H and O–H groups in total. The van der Waals surface area contributed by atoms with Gasteiger partial charge in [0.1, 0.15) is 0 Å². The molecular formula is C21H26O. The van der Waals surface area contributed by atoms with Crippen LogP contribution in [0.25, 0.3) is 0 Å². The Kier molecular flexibility index (Phi) is 4.85. The number of ketones is 1. The average Bonchev–Trinajstić information content (AvgIpc) is 2.52. The van der Waals surface area contributed by atoms with E-state index in [4.69, 9.17) is 0 Å². The van der Waals surface area contributed by atoms with Crippen LogP contribution < -0.4 is 0 Å². The molecule has 0 spiro atoms. The third kappa shape index (κ3) is 3.30. The van der Waals surface area contributed by atoms with Gasteiger partial charge in [-0.1, -0.05) is 83.1 Å². The van der Waals surface area contributed by atoms with E-state index in [-0.39, 0.29) is 11.2 Å². The summed E-state index contributed by atoms with van der Waals surface area (Å²) in [5.41, 5.74) is 4.15. The zero-order chi connectivity index (χ0) is 16.3. The monoisotopic (exact) mass is 294 g/mol. The van der Waals surface area contributed by atoms with Crippen LogP contribution in [-0.2, 0) is 5.41 Å². The zero-order valence-electron chi connectivity index (χ0n) is 14.3. The highest BCUT2D eigenvalue weighted by Crippen LogP contribution is 2.35. The third-order valence-corrected chi connectivity index (χ3v) is 4.30. The molecule has 1 unspecified atom stereocenters. The largest absolute Gasteiger partial charge is 0.289 e. The normalized spacial score (nSPS) is 13.0.